The Balaban J connectivity index is 1.64. The Morgan fingerprint density at radius 1 is 1.18 bits per heavy atom. The van der Waals surface area contributed by atoms with E-state index in [1.807, 2.05) is 32.9 Å². The van der Waals surface area contributed by atoms with E-state index in [9.17, 15) is 18.0 Å². The van der Waals surface area contributed by atoms with Gasteiger partial charge in [0, 0.05) is 35.9 Å². The number of halogens is 2. The molecule has 1 saturated heterocycles. The zero-order chi connectivity index (χ0) is 24.2. The van der Waals surface area contributed by atoms with Gasteiger partial charge in [-0.25, -0.2) is 12.7 Å². The van der Waals surface area contributed by atoms with Gasteiger partial charge in [-0.2, -0.15) is 0 Å². The van der Waals surface area contributed by atoms with Crippen LogP contribution in [-0.4, -0.2) is 54.4 Å². The Labute approximate surface area is 203 Å². The number of benzene rings is 1. The lowest BCUT2D eigenvalue weighted by atomic mass is 9.82. The second kappa shape index (κ2) is 8.73. The molecule has 0 radical (unpaired) electrons. The molecule has 3 heterocycles. The number of pyridine rings is 1. The van der Waals surface area contributed by atoms with Crippen molar-refractivity contribution >= 4 is 39.1 Å². The second-order valence-corrected chi connectivity index (χ2v) is 11.9. The average Bonchev–Trinajstić information content (AvgIpc) is 2.65. The van der Waals surface area contributed by atoms with Crippen molar-refractivity contribution in [3.63, 3.8) is 0 Å². The zero-order valence-corrected chi connectivity index (χ0v) is 21.4. The van der Waals surface area contributed by atoms with E-state index in [4.69, 9.17) is 23.2 Å². The van der Waals surface area contributed by atoms with Crippen molar-refractivity contribution in [3.8, 4) is 0 Å². The zero-order valence-electron chi connectivity index (χ0n) is 19.0. The van der Waals surface area contributed by atoms with Gasteiger partial charge in [0.1, 0.15) is 0 Å². The quantitative estimate of drug-likeness (QED) is 0.664. The molecule has 1 atom stereocenters. The Morgan fingerprint density at radius 3 is 2.45 bits per heavy atom. The van der Waals surface area contributed by atoms with E-state index >= 15 is 0 Å². The van der Waals surface area contributed by atoms with Crippen LogP contribution in [0.1, 0.15) is 51.1 Å². The van der Waals surface area contributed by atoms with Gasteiger partial charge in [-0.05, 0) is 60.9 Å². The van der Waals surface area contributed by atoms with Gasteiger partial charge in [0.2, 0.25) is 10.0 Å². The summed E-state index contributed by atoms with van der Waals surface area (Å²) in [6, 6.07) is 3.70. The number of nitrogens with zero attached hydrogens (tertiary/aromatic N) is 2. The molecule has 1 aromatic heterocycles. The molecular weight excluding hydrogens is 485 g/mol. The van der Waals surface area contributed by atoms with Crippen molar-refractivity contribution in [1.82, 2.24) is 14.2 Å². The molecule has 2 aliphatic rings. The van der Waals surface area contributed by atoms with Gasteiger partial charge in [0.15, 0.2) is 0 Å². The average molecular weight is 512 g/mol. The van der Waals surface area contributed by atoms with Crippen molar-refractivity contribution in [1.29, 1.82) is 0 Å². The molecule has 1 amide bonds. The molecule has 33 heavy (non-hydrogen) atoms. The van der Waals surface area contributed by atoms with Crippen LogP contribution in [0.4, 0.5) is 0 Å². The molecule has 1 aromatic carbocycles. The minimum Gasteiger partial charge on any atom is -0.334 e. The van der Waals surface area contributed by atoms with E-state index in [1.54, 1.807) is 4.90 Å². The highest BCUT2D eigenvalue weighted by Crippen LogP contribution is 2.42. The Morgan fingerprint density at radius 2 is 1.85 bits per heavy atom. The molecule has 1 unspecified atom stereocenters. The number of sulfonamides is 1. The van der Waals surface area contributed by atoms with Gasteiger partial charge < -0.3 is 9.88 Å². The molecule has 0 spiro atoms. The van der Waals surface area contributed by atoms with Crippen LogP contribution in [0, 0.1) is 19.8 Å². The molecule has 0 aliphatic carbocycles. The third-order valence-corrected chi connectivity index (χ3v) is 8.84. The smallest absolute Gasteiger partial charge is 0.256 e. The standard InChI is InChI=1S/C23H27Cl2N3O4S/c1-12-7-13(2)26-22(29)18(12)11-27-6-5-16-19(24)8-17(21(25)20(16)23(27)30)14(3)15-9-28(10-15)33(4,31)32/h7-8,14-15H,5-6,9-11H2,1-4H3,(H,26,29). The van der Waals surface area contributed by atoms with Gasteiger partial charge in [-0.1, -0.05) is 30.1 Å². The van der Waals surface area contributed by atoms with Crippen molar-refractivity contribution in [2.75, 3.05) is 25.9 Å². The maximum Gasteiger partial charge on any atom is 0.256 e. The minimum absolute atomic E-state index is 0.0661. The summed E-state index contributed by atoms with van der Waals surface area (Å²) in [6.45, 7) is 7.13. The Kier molecular flexibility index (Phi) is 6.41. The summed E-state index contributed by atoms with van der Waals surface area (Å²) in [5.41, 5.74) is 3.82. The molecule has 0 saturated carbocycles. The molecule has 7 nitrogen and oxygen atoms in total. The van der Waals surface area contributed by atoms with Crippen LogP contribution >= 0.6 is 23.2 Å². The van der Waals surface area contributed by atoms with Gasteiger partial charge in [0.25, 0.3) is 11.5 Å². The minimum atomic E-state index is -3.22. The summed E-state index contributed by atoms with van der Waals surface area (Å²) in [6.07, 6.45) is 1.74. The third kappa shape index (κ3) is 4.46. The van der Waals surface area contributed by atoms with Crippen LogP contribution in [0.5, 0.6) is 0 Å². The lowest BCUT2D eigenvalue weighted by molar-refractivity contribution is 0.0726. The van der Waals surface area contributed by atoms with E-state index < -0.39 is 10.0 Å². The fourth-order valence-electron chi connectivity index (χ4n) is 4.72. The highest BCUT2D eigenvalue weighted by atomic mass is 35.5. The summed E-state index contributed by atoms with van der Waals surface area (Å²) < 4.78 is 24.9. The topological polar surface area (TPSA) is 90.6 Å². The number of amides is 1. The fraction of sp³-hybridized carbons (Fsp3) is 0.478. The predicted molar refractivity (Wildman–Crippen MR) is 130 cm³/mol. The van der Waals surface area contributed by atoms with Crippen LogP contribution in [0.3, 0.4) is 0 Å². The molecule has 10 heteroatoms. The summed E-state index contributed by atoms with van der Waals surface area (Å²) >= 11 is 13.4. The van der Waals surface area contributed by atoms with Gasteiger partial charge in [-0.15, -0.1) is 0 Å². The molecular formula is C23H27Cl2N3O4S. The SMILES string of the molecule is Cc1cc(C)c(CN2CCc3c(Cl)cc(C(C)C4CN(S(C)(=O)=O)C4)c(Cl)c3C2=O)c(=O)[nH]1. The van der Waals surface area contributed by atoms with E-state index in [-0.39, 0.29) is 29.8 Å². The third-order valence-electron chi connectivity index (χ3n) is 6.86. The summed E-state index contributed by atoms with van der Waals surface area (Å²) in [5, 5.41) is 0.858. The first-order chi connectivity index (χ1) is 15.4. The van der Waals surface area contributed by atoms with E-state index in [0.29, 0.717) is 47.2 Å². The first-order valence-corrected chi connectivity index (χ1v) is 13.4. The molecule has 1 N–H and O–H groups in total. The predicted octanol–water partition coefficient (Wildman–Crippen LogP) is 3.49. The molecule has 1 fully saturated rings. The number of aromatic amines is 1. The number of H-pyrrole nitrogens is 1. The van der Waals surface area contributed by atoms with Crippen molar-refractivity contribution in [2.45, 2.75) is 39.7 Å². The molecule has 178 valence electrons. The van der Waals surface area contributed by atoms with Crippen LogP contribution in [0.15, 0.2) is 16.9 Å². The number of carbonyl (C=O) groups excluding carboxylic acids is 1. The largest absolute Gasteiger partial charge is 0.334 e. The second-order valence-electron chi connectivity index (χ2n) is 9.16. The van der Waals surface area contributed by atoms with Crippen LogP contribution in [-0.2, 0) is 23.0 Å². The molecule has 2 aromatic rings. The van der Waals surface area contributed by atoms with Crippen molar-refractivity contribution in [2.24, 2.45) is 5.92 Å². The van der Waals surface area contributed by atoms with Gasteiger partial charge in [0.05, 0.1) is 23.4 Å². The number of rotatable bonds is 5. The summed E-state index contributed by atoms with van der Waals surface area (Å²) in [7, 11) is -3.22. The highest BCUT2D eigenvalue weighted by molar-refractivity contribution is 7.88. The van der Waals surface area contributed by atoms with E-state index in [0.717, 1.165) is 22.4 Å². The van der Waals surface area contributed by atoms with Crippen LogP contribution in [0.2, 0.25) is 10.0 Å². The number of hydrogen-bond donors (Lipinski definition) is 1. The lowest BCUT2D eigenvalue weighted by Gasteiger charge is -2.41. The highest BCUT2D eigenvalue weighted by Gasteiger charge is 2.39. The van der Waals surface area contributed by atoms with Gasteiger partial charge in [-0.3, -0.25) is 9.59 Å². The van der Waals surface area contributed by atoms with Gasteiger partial charge >= 0.3 is 0 Å². The Bertz CT molecular complexity index is 1300. The first kappa shape index (κ1) is 24.3. The molecule has 4 rings (SSSR count). The number of aryl methyl sites for hydroxylation is 2. The number of fused-ring (bicyclic) bond motifs is 1. The summed E-state index contributed by atoms with van der Waals surface area (Å²) in [5.74, 6) is -0.221. The Hall–Kier alpha value is -1.87. The lowest BCUT2D eigenvalue weighted by Crippen LogP contribution is -2.51. The first-order valence-electron chi connectivity index (χ1n) is 10.8. The van der Waals surface area contributed by atoms with E-state index in [2.05, 4.69) is 4.98 Å². The summed E-state index contributed by atoms with van der Waals surface area (Å²) in [4.78, 5) is 30.4. The maximum atomic E-state index is 13.5. The monoisotopic (exact) mass is 511 g/mol. The molecule has 2 aliphatic heterocycles. The number of hydrogen-bond acceptors (Lipinski definition) is 4. The van der Waals surface area contributed by atoms with Crippen LogP contribution in [0.25, 0.3) is 0 Å². The number of aromatic nitrogens is 1. The van der Waals surface area contributed by atoms with Crippen molar-refractivity contribution < 1.29 is 13.2 Å². The fourth-order valence-corrected chi connectivity index (χ4v) is 6.37. The maximum absolute atomic E-state index is 13.5. The van der Waals surface area contributed by atoms with Crippen LogP contribution < -0.4 is 5.56 Å². The van der Waals surface area contributed by atoms with E-state index in [1.165, 1.54) is 10.6 Å². The molecule has 0 bridgehead atoms. The number of nitrogens with one attached hydrogen (secondary N) is 1. The van der Waals surface area contributed by atoms with Crippen molar-refractivity contribution in [3.05, 3.63) is 66.0 Å². The number of carbonyl (C=O) groups is 1. The normalized spacial score (nSPS) is 18.2.